The summed E-state index contributed by atoms with van der Waals surface area (Å²) in [5, 5.41) is 4.82. The highest BCUT2D eigenvalue weighted by molar-refractivity contribution is 6.22. The molecule has 0 amide bonds. The maximum Gasteiger partial charge on any atom is 0.131 e. The molecule has 10 rings (SSSR count). The van der Waals surface area contributed by atoms with Crippen LogP contribution in [0.25, 0.3) is 55.1 Å². The van der Waals surface area contributed by atoms with Crippen LogP contribution < -0.4 is 0 Å². The fourth-order valence-corrected chi connectivity index (χ4v) is 8.86. The predicted molar refractivity (Wildman–Crippen MR) is 238 cm³/mol. The average Bonchev–Trinajstić information content (AvgIpc) is 3.76. The quantitative estimate of drug-likeness (QED) is 0.164. The van der Waals surface area contributed by atoms with E-state index in [1.807, 2.05) is 0 Å². The zero-order valence-corrected chi connectivity index (χ0v) is 31.4. The molecule has 3 nitrogen and oxygen atoms in total. The molecule has 0 spiro atoms. The first-order valence-electron chi connectivity index (χ1n) is 19.2. The highest BCUT2D eigenvalue weighted by Gasteiger charge is 2.44. The fourth-order valence-electron chi connectivity index (χ4n) is 8.86. The summed E-state index contributed by atoms with van der Waals surface area (Å²) in [7, 11) is 0. The largest absolute Gasteiger partial charge is 0.294 e. The van der Waals surface area contributed by atoms with Crippen LogP contribution in [0.4, 0.5) is 5.69 Å². The molecule has 7 aromatic carbocycles. The topological polar surface area (TPSA) is 29.6 Å². The first-order valence-corrected chi connectivity index (χ1v) is 19.2. The smallest absolute Gasteiger partial charge is 0.131 e. The van der Waals surface area contributed by atoms with Gasteiger partial charge in [0, 0.05) is 21.9 Å². The van der Waals surface area contributed by atoms with Crippen molar-refractivity contribution in [3.8, 4) is 11.1 Å². The molecule has 1 aliphatic carbocycles. The van der Waals surface area contributed by atoms with Crippen LogP contribution in [0.2, 0.25) is 0 Å². The maximum absolute atomic E-state index is 5.41. The molecule has 0 radical (unpaired) electrons. The van der Waals surface area contributed by atoms with E-state index in [0.717, 1.165) is 66.8 Å². The zero-order valence-electron chi connectivity index (χ0n) is 31.4. The van der Waals surface area contributed by atoms with Gasteiger partial charge in [0.1, 0.15) is 5.82 Å². The van der Waals surface area contributed by atoms with Crippen LogP contribution in [0.5, 0.6) is 0 Å². The van der Waals surface area contributed by atoms with Crippen LogP contribution in [0.3, 0.4) is 0 Å². The molecule has 1 atom stereocenters. The monoisotopic (exact) mass is 717 g/mol. The molecule has 8 aromatic rings. The number of aromatic nitrogens is 1. The van der Waals surface area contributed by atoms with Crippen molar-refractivity contribution in [2.45, 2.75) is 19.3 Å². The van der Waals surface area contributed by atoms with E-state index < -0.39 is 5.41 Å². The Morgan fingerprint density at radius 3 is 2.11 bits per heavy atom. The lowest BCUT2D eigenvalue weighted by Gasteiger charge is -2.30. The molecule has 0 saturated heterocycles. The van der Waals surface area contributed by atoms with E-state index in [-0.39, 0.29) is 0 Å². The highest BCUT2D eigenvalue weighted by atomic mass is 15.1. The lowest BCUT2D eigenvalue weighted by Crippen LogP contribution is -2.32. The van der Waals surface area contributed by atoms with E-state index in [0.29, 0.717) is 5.82 Å². The third-order valence-corrected chi connectivity index (χ3v) is 11.7. The van der Waals surface area contributed by atoms with Gasteiger partial charge in [-0.25, -0.2) is 4.99 Å². The molecule has 266 valence electrons. The molecule has 0 fully saturated rings. The second-order valence-corrected chi connectivity index (χ2v) is 14.8. The van der Waals surface area contributed by atoms with Gasteiger partial charge in [-0.05, 0) is 76.2 Å². The third kappa shape index (κ3) is 5.27. The maximum atomic E-state index is 5.41. The van der Waals surface area contributed by atoms with Crippen LogP contribution in [0.1, 0.15) is 36.1 Å². The Balaban J connectivity index is 1.11. The molecule has 3 heteroatoms. The van der Waals surface area contributed by atoms with Crippen LogP contribution in [-0.4, -0.2) is 16.0 Å². The van der Waals surface area contributed by atoms with Crippen LogP contribution in [0, 0.1) is 0 Å². The van der Waals surface area contributed by atoms with Gasteiger partial charge in [-0.2, -0.15) is 0 Å². The Kier molecular flexibility index (Phi) is 7.97. The Hall–Kier alpha value is -7.10. The first kappa shape index (κ1) is 33.5. The number of fused-ring (bicyclic) bond motifs is 6. The molecule has 1 unspecified atom stereocenters. The Bertz CT molecular complexity index is 3020. The standard InChI is InChI=1S/C53H39N3/c1-35(37-29-31-39(32-30-37)44-26-16-20-38-17-10-11-24-43(38)44)42-23-12-14-27-47(42)54-36(2)56-49-28-15-13-25-45(49)46-33-34-48-50(51(46)56)53(3,41-21-8-5-9-22-41)52(55-48)40-18-6-4-7-19-40/h4-34H,2H2,1,3H3/b42-35+,54-47?. The summed E-state index contributed by atoms with van der Waals surface area (Å²) < 4.78 is 2.26. The summed E-state index contributed by atoms with van der Waals surface area (Å²) >= 11 is 0. The fraction of sp³-hybridized carbons (Fsp3) is 0.0566. The molecule has 0 saturated carbocycles. The molecule has 2 heterocycles. The number of rotatable bonds is 6. The number of aliphatic imine (C=N–C) groups is 2. The predicted octanol–water partition coefficient (Wildman–Crippen LogP) is 13.5. The minimum Gasteiger partial charge on any atom is -0.294 e. The Labute approximate surface area is 327 Å². The number of allylic oxidation sites excluding steroid dienone is 6. The van der Waals surface area contributed by atoms with E-state index in [4.69, 9.17) is 16.6 Å². The molecule has 0 N–H and O–H groups in total. The lowest BCUT2D eigenvalue weighted by atomic mass is 9.71. The Morgan fingerprint density at radius 1 is 0.625 bits per heavy atom. The summed E-state index contributed by atoms with van der Waals surface area (Å²) in [6.45, 7) is 9.21. The zero-order chi connectivity index (χ0) is 37.8. The van der Waals surface area contributed by atoms with Crippen molar-refractivity contribution in [3.63, 3.8) is 0 Å². The van der Waals surface area contributed by atoms with Crippen molar-refractivity contribution >= 4 is 61.1 Å². The minimum absolute atomic E-state index is 0.537. The number of hydrogen-bond acceptors (Lipinski definition) is 2. The van der Waals surface area contributed by atoms with E-state index in [9.17, 15) is 0 Å². The third-order valence-electron chi connectivity index (χ3n) is 11.7. The van der Waals surface area contributed by atoms with Crippen molar-refractivity contribution in [1.29, 1.82) is 0 Å². The normalized spacial score (nSPS) is 17.8. The molecule has 2 aliphatic rings. The summed E-state index contributed by atoms with van der Waals surface area (Å²) in [6.07, 6.45) is 8.41. The van der Waals surface area contributed by atoms with Crippen LogP contribution in [0.15, 0.2) is 210 Å². The van der Waals surface area contributed by atoms with Gasteiger partial charge in [-0.15, -0.1) is 0 Å². The second kappa shape index (κ2) is 13.3. The van der Waals surface area contributed by atoms with Crippen LogP contribution in [-0.2, 0) is 5.41 Å². The molecule has 1 aliphatic heterocycles. The summed E-state index contributed by atoms with van der Waals surface area (Å²) in [5.41, 5.74) is 13.8. The van der Waals surface area contributed by atoms with Crippen molar-refractivity contribution < 1.29 is 0 Å². The van der Waals surface area contributed by atoms with Crippen molar-refractivity contribution in [3.05, 3.63) is 223 Å². The van der Waals surface area contributed by atoms with Crippen LogP contribution >= 0.6 is 0 Å². The van der Waals surface area contributed by atoms with Gasteiger partial charge in [0.2, 0.25) is 0 Å². The Morgan fingerprint density at radius 2 is 1.30 bits per heavy atom. The van der Waals surface area contributed by atoms with E-state index >= 15 is 0 Å². The van der Waals surface area contributed by atoms with Gasteiger partial charge in [0.05, 0.1) is 33.6 Å². The average molecular weight is 718 g/mol. The molecular weight excluding hydrogens is 679 g/mol. The van der Waals surface area contributed by atoms with Crippen molar-refractivity contribution in [2.24, 2.45) is 9.98 Å². The van der Waals surface area contributed by atoms with E-state index in [2.05, 4.69) is 207 Å². The first-order chi connectivity index (χ1) is 27.5. The summed E-state index contributed by atoms with van der Waals surface area (Å²) in [5.74, 6) is 0.653. The molecular formula is C53H39N3. The van der Waals surface area contributed by atoms with Gasteiger partial charge in [0.15, 0.2) is 0 Å². The van der Waals surface area contributed by atoms with Gasteiger partial charge in [-0.1, -0.05) is 176 Å². The van der Waals surface area contributed by atoms with E-state index in [1.54, 1.807) is 0 Å². The van der Waals surface area contributed by atoms with Gasteiger partial charge in [0.25, 0.3) is 0 Å². The highest BCUT2D eigenvalue weighted by Crippen LogP contribution is 2.51. The summed E-state index contributed by atoms with van der Waals surface area (Å²) in [4.78, 5) is 10.8. The number of para-hydroxylation sites is 1. The lowest BCUT2D eigenvalue weighted by molar-refractivity contribution is 0.797. The number of hydrogen-bond donors (Lipinski definition) is 0. The van der Waals surface area contributed by atoms with Gasteiger partial charge >= 0.3 is 0 Å². The minimum atomic E-state index is -0.537. The SMILES string of the molecule is C=C(N=C1C=CC=C/C1=C(/C)c1ccc(-c2cccc3ccccc23)cc1)n1c2ccccc2c2ccc3c(c21)C(C)(c1ccccc1)C(c1ccccc1)=N3. The van der Waals surface area contributed by atoms with E-state index in [1.165, 1.54) is 27.5 Å². The molecule has 56 heavy (non-hydrogen) atoms. The second-order valence-electron chi connectivity index (χ2n) is 14.8. The summed E-state index contributed by atoms with van der Waals surface area (Å²) in [6, 6.07) is 58.3. The number of nitrogens with zero attached hydrogens (tertiary/aromatic N) is 3. The van der Waals surface area contributed by atoms with Gasteiger partial charge < -0.3 is 0 Å². The van der Waals surface area contributed by atoms with Crippen molar-refractivity contribution in [1.82, 2.24) is 4.57 Å². The van der Waals surface area contributed by atoms with Gasteiger partial charge in [-0.3, -0.25) is 9.56 Å². The molecule has 1 aromatic heterocycles. The number of benzene rings is 7. The van der Waals surface area contributed by atoms with Crippen molar-refractivity contribution in [2.75, 3.05) is 0 Å². The molecule has 0 bridgehead atoms.